The van der Waals surface area contributed by atoms with E-state index >= 15 is 0 Å². The number of furan rings is 1. The van der Waals surface area contributed by atoms with Gasteiger partial charge in [0.1, 0.15) is 11.2 Å². The summed E-state index contributed by atoms with van der Waals surface area (Å²) in [6, 6.07) is 69.0. The van der Waals surface area contributed by atoms with E-state index in [4.69, 9.17) is 4.42 Å². The monoisotopic (exact) mass is 705 g/mol. The summed E-state index contributed by atoms with van der Waals surface area (Å²) in [6.07, 6.45) is 3.96. The van der Waals surface area contributed by atoms with Gasteiger partial charge in [-0.1, -0.05) is 170 Å². The molecule has 0 bridgehead atoms. The minimum Gasteiger partial charge on any atom is -0.456 e. The van der Waals surface area contributed by atoms with Crippen molar-refractivity contribution in [3.05, 3.63) is 230 Å². The molecule has 9 rings (SSSR count). The van der Waals surface area contributed by atoms with Gasteiger partial charge >= 0.3 is 0 Å². The fourth-order valence-corrected chi connectivity index (χ4v) is 7.74. The first kappa shape index (κ1) is 33.7. The molecule has 0 fully saturated rings. The average Bonchev–Trinajstić information content (AvgIpc) is 3.64. The normalized spacial score (nSPS) is 11.5. The predicted octanol–water partition coefficient (Wildman–Crippen LogP) is 15.0. The number of hydrogen-bond acceptors (Lipinski definition) is 2. The van der Waals surface area contributed by atoms with E-state index in [9.17, 15) is 0 Å². The molecule has 0 radical (unpaired) electrons. The SMILES string of the molecule is C=C/C=C(/c1ccc(-c2ccc(N(c3ccc(-c4ccccc4)cc3)c3ccccc3-c3cccc4oc5ccccc5c34)cc2)cc1)c1ccccc1C. The molecular formula is C53H39NO. The molecule has 55 heavy (non-hydrogen) atoms. The minimum absolute atomic E-state index is 0.883. The topological polar surface area (TPSA) is 16.4 Å². The fraction of sp³-hybridized carbons (Fsp3) is 0.0189. The summed E-state index contributed by atoms with van der Waals surface area (Å²) in [4.78, 5) is 2.37. The second-order valence-corrected chi connectivity index (χ2v) is 13.8. The van der Waals surface area contributed by atoms with Gasteiger partial charge in [0.15, 0.2) is 0 Å². The van der Waals surface area contributed by atoms with Crippen LogP contribution in [0.15, 0.2) is 217 Å². The molecule has 1 heterocycles. The van der Waals surface area contributed by atoms with Crippen LogP contribution >= 0.6 is 0 Å². The lowest BCUT2D eigenvalue weighted by Gasteiger charge is -2.28. The second-order valence-electron chi connectivity index (χ2n) is 13.8. The van der Waals surface area contributed by atoms with Crippen molar-refractivity contribution in [2.24, 2.45) is 0 Å². The quantitative estimate of drug-likeness (QED) is 0.139. The van der Waals surface area contributed by atoms with Crippen molar-refractivity contribution in [2.45, 2.75) is 6.92 Å². The molecule has 0 amide bonds. The number of allylic oxidation sites excluding steroid dienone is 2. The summed E-state index contributed by atoms with van der Waals surface area (Å²) in [6.45, 7) is 6.15. The van der Waals surface area contributed by atoms with Crippen LogP contribution in [0.3, 0.4) is 0 Å². The van der Waals surface area contributed by atoms with Crippen LogP contribution in [0.25, 0.3) is 60.9 Å². The summed E-state index contributed by atoms with van der Waals surface area (Å²) >= 11 is 0. The maximum Gasteiger partial charge on any atom is 0.136 e. The maximum absolute atomic E-state index is 6.33. The average molecular weight is 706 g/mol. The van der Waals surface area contributed by atoms with E-state index in [2.05, 4.69) is 206 Å². The molecule has 262 valence electrons. The van der Waals surface area contributed by atoms with E-state index in [1.807, 2.05) is 18.2 Å². The highest BCUT2D eigenvalue weighted by Crippen LogP contribution is 2.45. The van der Waals surface area contributed by atoms with Crippen LogP contribution in [0.5, 0.6) is 0 Å². The second kappa shape index (κ2) is 14.7. The lowest BCUT2D eigenvalue weighted by molar-refractivity contribution is 0.669. The van der Waals surface area contributed by atoms with Crippen LogP contribution in [-0.2, 0) is 0 Å². The first-order valence-corrected chi connectivity index (χ1v) is 18.7. The number of para-hydroxylation sites is 2. The number of anilines is 3. The van der Waals surface area contributed by atoms with Gasteiger partial charge in [-0.15, -0.1) is 0 Å². The number of nitrogens with zero attached hydrogens (tertiary/aromatic N) is 1. The largest absolute Gasteiger partial charge is 0.456 e. The Bertz CT molecular complexity index is 2810. The first-order chi connectivity index (χ1) is 27.2. The number of rotatable bonds is 9. The van der Waals surface area contributed by atoms with Crippen molar-refractivity contribution < 1.29 is 4.42 Å². The number of benzene rings is 8. The Morgan fingerprint density at radius 1 is 0.491 bits per heavy atom. The molecule has 0 saturated carbocycles. The first-order valence-electron chi connectivity index (χ1n) is 18.7. The van der Waals surface area contributed by atoms with E-state index in [-0.39, 0.29) is 0 Å². The molecule has 0 aliphatic rings. The zero-order valence-electron chi connectivity index (χ0n) is 30.7. The molecule has 0 aliphatic carbocycles. The van der Waals surface area contributed by atoms with Crippen molar-refractivity contribution in [3.63, 3.8) is 0 Å². The molecule has 0 atom stereocenters. The van der Waals surface area contributed by atoms with Crippen molar-refractivity contribution in [3.8, 4) is 33.4 Å². The van der Waals surface area contributed by atoms with E-state index in [0.29, 0.717) is 0 Å². The molecule has 0 saturated heterocycles. The van der Waals surface area contributed by atoms with E-state index < -0.39 is 0 Å². The Labute approximate surface area is 322 Å². The summed E-state index contributed by atoms with van der Waals surface area (Å²) in [5, 5.41) is 2.24. The van der Waals surface area contributed by atoms with E-state index in [1.165, 1.54) is 27.8 Å². The van der Waals surface area contributed by atoms with Gasteiger partial charge < -0.3 is 9.32 Å². The zero-order chi connectivity index (χ0) is 37.1. The lowest BCUT2D eigenvalue weighted by Crippen LogP contribution is -2.11. The Morgan fingerprint density at radius 2 is 1.04 bits per heavy atom. The third-order valence-electron chi connectivity index (χ3n) is 10.4. The summed E-state index contributed by atoms with van der Waals surface area (Å²) in [5.74, 6) is 0. The number of hydrogen-bond donors (Lipinski definition) is 0. The number of fused-ring (bicyclic) bond motifs is 3. The van der Waals surface area contributed by atoms with Crippen LogP contribution < -0.4 is 4.90 Å². The predicted molar refractivity (Wildman–Crippen MR) is 233 cm³/mol. The third kappa shape index (κ3) is 6.45. The van der Waals surface area contributed by atoms with E-state index in [0.717, 1.165) is 66.8 Å². The fourth-order valence-electron chi connectivity index (χ4n) is 7.74. The third-order valence-corrected chi connectivity index (χ3v) is 10.4. The summed E-state index contributed by atoms with van der Waals surface area (Å²) in [5.41, 5.74) is 16.8. The van der Waals surface area contributed by atoms with Crippen LogP contribution in [-0.4, -0.2) is 0 Å². The molecule has 0 N–H and O–H groups in total. The van der Waals surface area contributed by atoms with Gasteiger partial charge in [-0.2, -0.15) is 0 Å². The minimum atomic E-state index is 0.883. The van der Waals surface area contributed by atoms with Gasteiger partial charge in [0.2, 0.25) is 0 Å². The summed E-state index contributed by atoms with van der Waals surface area (Å²) in [7, 11) is 0. The standard InChI is InChI=1S/C53H39NO/c1-3-14-46(45-18-8-7-15-37(45)2)42-27-25-39(26-28-42)41-31-35-44(36-32-41)54(43-33-29-40(30-34-43)38-16-5-4-6-17-38)50-22-11-9-19-47(50)48-21-13-24-52-53(48)49-20-10-12-23-51(49)55-52/h3-36H,1H2,2H3/b46-14-. The highest BCUT2D eigenvalue weighted by molar-refractivity contribution is 6.13. The smallest absolute Gasteiger partial charge is 0.136 e. The van der Waals surface area contributed by atoms with Crippen molar-refractivity contribution in [1.29, 1.82) is 0 Å². The molecular weight excluding hydrogens is 667 g/mol. The molecule has 2 nitrogen and oxygen atoms in total. The van der Waals surface area contributed by atoms with Crippen molar-refractivity contribution >= 4 is 44.6 Å². The van der Waals surface area contributed by atoms with Gasteiger partial charge in [-0.3, -0.25) is 0 Å². The molecule has 0 spiro atoms. The molecule has 2 heteroatoms. The van der Waals surface area contributed by atoms with Gasteiger partial charge in [0, 0.05) is 27.7 Å². The highest BCUT2D eigenvalue weighted by Gasteiger charge is 2.20. The Balaban J connectivity index is 1.13. The molecule has 0 unspecified atom stereocenters. The molecule has 9 aromatic rings. The van der Waals surface area contributed by atoms with Crippen LogP contribution in [0.4, 0.5) is 17.1 Å². The van der Waals surface area contributed by atoms with E-state index in [1.54, 1.807) is 0 Å². The Hall–Kier alpha value is -7.16. The van der Waals surface area contributed by atoms with Crippen molar-refractivity contribution in [1.82, 2.24) is 0 Å². The van der Waals surface area contributed by atoms with Crippen molar-refractivity contribution in [2.75, 3.05) is 4.90 Å². The Kier molecular flexibility index (Phi) is 8.99. The van der Waals surface area contributed by atoms with Crippen LogP contribution in [0.2, 0.25) is 0 Å². The Morgan fingerprint density at radius 3 is 1.73 bits per heavy atom. The van der Waals surface area contributed by atoms with Crippen LogP contribution in [0, 0.1) is 6.92 Å². The van der Waals surface area contributed by atoms with Gasteiger partial charge in [0.05, 0.1) is 5.69 Å². The molecule has 8 aromatic carbocycles. The zero-order valence-corrected chi connectivity index (χ0v) is 30.7. The maximum atomic E-state index is 6.33. The molecule has 0 aliphatic heterocycles. The van der Waals surface area contributed by atoms with Gasteiger partial charge in [-0.25, -0.2) is 0 Å². The summed E-state index contributed by atoms with van der Waals surface area (Å²) < 4.78 is 6.33. The molecule has 1 aromatic heterocycles. The lowest BCUT2D eigenvalue weighted by atomic mass is 9.92. The number of aryl methyl sites for hydroxylation is 1. The van der Waals surface area contributed by atoms with Crippen LogP contribution in [0.1, 0.15) is 16.7 Å². The van der Waals surface area contributed by atoms with Gasteiger partial charge in [-0.05, 0) is 99.5 Å². The highest BCUT2D eigenvalue weighted by atomic mass is 16.3. The van der Waals surface area contributed by atoms with Gasteiger partial charge in [0.25, 0.3) is 0 Å².